The molecule has 6 aliphatic rings. The molecule has 222 valence electrons. The Labute approximate surface area is 246 Å². The number of hydrogen-bond donors (Lipinski definition) is 1. The third-order valence-corrected chi connectivity index (χ3v) is 11.1. The summed E-state index contributed by atoms with van der Waals surface area (Å²) in [5, 5.41) is 10.2. The van der Waals surface area contributed by atoms with Crippen molar-refractivity contribution >= 4 is 11.5 Å². The number of anilines is 2. The van der Waals surface area contributed by atoms with Crippen molar-refractivity contribution in [2.45, 2.75) is 75.3 Å². The van der Waals surface area contributed by atoms with Gasteiger partial charge in [-0.1, -0.05) is 13.0 Å². The minimum atomic E-state index is -0.810. The summed E-state index contributed by atoms with van der Waals surface area (Å²) in [7, 11) is 0. The van der Waals surface area contributed by atoms with Gasteiger partial charge in [0, 0.05) is 61.1 Å². The summed E-state index contributed by atoms with van der Waals surface area (Å²) in [4.78, 5) is 14.6. The lowest BCUT2D eigenvalue weighted by Crippen LogP contribution is -2.55. The Bertz CT molecular complexity index is 1450. The molecule has 9 nitrogen and oxygen atoms in total. The van der Waals surface area contributed by atoms with Gasteiger partial charge in [0.2, 0.25) is 0 Å². The van der Waals surface area contributed by atoms with E-state index in [1.807, 2.05) is 6.07 Å². The van der Waals surface area contributed by atoms with Crippen LogP contribution in [0.3, 0.4) is 0 Å². The van der Waals surface area contributed by atoms with Crippen LogP contribution < -0.4 is 15.4 Å². The zero-order valence-corrected chi connectivity index (χ0v) is 24.3. The highest BCUT2D eigenvalue weighted by Gasteiger charge is 2.50. The number of aromatic nitrogens is 2. The van der Waals surface area contributed by atoms with Gasteiger partial charge in [-0.2, -0.15) is 15.2 Å². The third kappa shape index (κ3) is 4.04. The predicted molar refractivity (Wildman–Crippen MR) is 154 cm³/mol. The Morgan fingerprint density at radius 1 is 1.19 bits per heavy atom. The molecule has 4 saturated heterocycles. The number of nitrogen functional groups attached to an aromatic ring is 1. The standard InChI is InChI=1S/C32H39FN6O3/c1-19-5-7-32(28-23(19)3-4-26(35)24(28)11-34)10-27-25(17-42-32)29(38-12-20(13-38)21-15-40-16-21)37-30(36-27)41-18-31-6-2-8-39(31)14-22(33)9-31/h3-4,19-22H,2,5-10,12-18,35H2,1H3/t19-,22+,31-,32-/m0/s1. The number of rotatable bonds is 5. The van der Waals surface area contributed by atoms with Gasteiger partial charge in [-0.05, 0) is 49.8 Å². The van der Waals surface area contributed by atoms with Crippen molar-refractivity contribution in [1.82, 2.24) is 14.9 Å². The van der Waals surface area contributed by atoms with Crippen molar-refractivity contribution in [2.24, 2.45) is 11.8 Å². The van der Waals surface area contributed by atoms with E-state index in [0.717, 1.165) is 86.7 Å². The van der Waals surface area contributed by atoms with Crippen LogP contribution in [0, 0.1) is 23.2 Å². The quantitative estimate of drug-likeness (QED) is 0.533. The SMILES string of the molecule is C[C@H]1CC[C@]2(Cc3nc(OC[C@@]45CCCN4C[C@H](F)C5)nc(N4CC(C5COC5)C4)c3CO2)c2c1ccc(N)c2C#N. The van der Waals surface area contributed by atoms with Crippen LogP contribution in [0.4, 0.5) is 15.9 Å². The number of ether oxygens (including phenoxy) is 3. The molecule has 2 aromatic rings. The Hall–Kier alpha value is -3.00. The summed E-state index contributed by atoms with van der Waals surface area (Å²) in [5.74, 6) is 2.42. The summed E-state index contributed by atoms with van der Waals surface area (Å²) >= 11 is 0. The number of alkyl halides is 1. The molecule has 0 radical (unpaired) electrons. The van der Waals surface area contributed by atoms with Gasteiger partial charge in [-0.15, -0.1) is 0 Å². The minimum absolute atomic E-state index is 0.271. The topological polar surface area (TPSA) is 110 Å². The first-order chi connectivity index (χ1) is 20.4. The molecule has 1 aromatic carbocycles. The third-order valence-electron chi connectivity index (χ3n) is 11.1. The van der Waals surface area contributed by atoms with E-state index in [4.69, 9.17) is 29.9 Å². The summed E-state index contributed by atoms with van der Waals surface area (Å²) in [6, 6.07) is 6.65. The molecule has 0 amide bonds. The van der Waals surface area contributed by atoms with E-state index < -0.39 is 11.8 Å². The average molecular weight is 575 g/mol. The lowest BCUT2D eigenvalue weighted by Gasteiger charge is -2.48. The maximum Gasteiger partial charge on any atom is 0.318 e. The molecule has 1 spiro atoms. The van der Waals surface area contributed by atoms with E-state index in [2.05, 4.69) is 28.9 Å². The van der Waals surface area contributed by atoms with E-state index >= 15 is 0 Å². The second-order valence-electron chi connectivity index (χ2n) is 13.6. The molecular weight excluding hydrogens is 535 g/mol. The van der Waals surface area contributed by atoms with Crippen LogP contribution in [0.25, 0.3) is 0 Å². The number of halogens is 1. The zero-order valence-electron chi connectivity index (χ0n) is 24.3. The molecule has 8 rings (SSSR count). The fraction of sp³-hybridized carbons (Fsp3) is 0.656. The smallest absolute Gasteiger partial charge is 0.318 e. The van der Waals surface area contributed by atoms with Crippen molar-refractivity contribution in [3.05, 3.63) is 40.1 Å². The minimum Gasteiger partial charge on any atom is -0.461 e. The molecule has 4 fully saturated rings. The molecule has 4 atom stereocenters. The normalized spacial score (nSPS) is 32.5. The van der Waals surface area contributed by atoms with Crippen LogP contribution in [0.15, 0.2) is 12.1 Å². The van der Waals surface area contributed by atoms with Crippen LogP contribution in [-0.2, 0) is 28.1 Å². The molecule has 5 aliphatic heterocycles. The Kier molecular flexibility index (Phi) is 6.19. The van der Waals surface area contributed by atoms with Crippen molar-refractivity contribution in [3.63, 3.8) is 0 Å². The summed E-state index contributed by atoms with van der Waals surface area (Å²) in [6.07, 6.45) is 3.97. The van der Waals surface area contributed by atoms with Gasteiger partial charge in [0.15, 0.2) is 0 Å². The monoisotopic (exact) mass is 574 g/mol. The maximum atomic E-state index is 14.5. The highest BCUT2D eigenvalue weighted by molar-refractivity contribution is 5.64. The number of nitrogens with zero attached hydrogens (tertiary/aromatic N) is 5. The second-order valence-corrected chi connectivity index (χ2v) is 13.6. The van der Waals surface area contributed by atoms with Crippen molar-refractivity contribution in [1.29, 1.82) is 5.26 Å². The number of fused-ring (bicyclic) bond motifs is 4. The number of benzene rings is 1. The Morgan fingerprint density at radius 3 is 2.83 bits per heavy atom. The van der Waals surface area contributed by atoms with E-state index in [1.165, 1.54) is 0 Å². The van der Waals surface area contributed by atoms with Gasteiger partial charge in [0.05, 0.1) is 36.6 Å². The fourth-order valence-corrected chi connectivity index (χ4v) is 8.51. The number of nitriles is 1. The van der Waals surface area contributed by atoms with Crippen molar-refractivity contribution < 1.29 is 18.6 Å². The van der Waals surface area contributed by atoms with Crippen LogP contribution in [0.5, 0.6) is 6.01 Å². The van der Waals surface area contributed by atoms with Gasteiger partial charge in [0.25, 0.3) is 0 Å². The highest BCUT2D eigenvalue weighted by Crippen LogP contribution is 2.51. The molecule has 10 heteroatoms. The first-order valence-electron chi connectivity index (χ1n) is 15.6. The van der Waals surface area contributed by atoms with Crippen LogP contribution in [0.2, 0.25) is 0 Å². The molecule has 2 N–H and O–H groups in total. The van der Waals surface area contributed by atoms with Crippen LogP contribution in [-0.4, -0.2) is 72.6 Å². The lowest BCUT2D eigenvalue weighted by molar-refractivity contribution is -0.0876. The Morgan fingerprint density at radius 2 is 2.05 bits per heavy atom. The molecule has 0 unspecified atom stereocenters. The average Bonchev–Trinajstić information content (AvgIpc) is 3.45. The van der Waals surface area contributed by atoms with Crippen LogP contribution >= 0.6 is 0 Å². The van der Waals surface area contributed by atoms with E-state index in [0.29, 0.717) is 67.6 Å². The molecule has 0 saturated carbocycles. The molecule has 6 heterocycles. The zero-order chi connectivity index (χ0) is 28.6. The molecule has 1 aromatic heterocycles. The van der Waals surface area contributed by atoms with E-state index in [1.54, 1.807) is 0 Å². The second kappa shape index (κ2) is 9.76. The maximum absolute atomic E-state index is 14.5. The summed E-state index contributed by atoms with van der Waals surface area (Å²) in [5.41, 5.74) is 10.4. The first kappa shape index (κ1) is 26.6. The van der Waals surface area contributed by atoms with E-state index in [9.17, 15) is 9.65 Å². The van der Waals surface area contributed by atoms with E-state index in [-0.39, 0.29) is 5.54 Å². The highest BCUT2D eigenvalue weighted by atomic mass is 19.1. The van der Waals surface area contributed by atoms with Crippen molar-refractivity contribution in [2.75, 3.05) is 56.6 Å². The van der Waals surface area contributed by atoms with Gasteiger partial charge in [-0.3, -0.25) is 4.90 Å². The van der Waals surface area contributed by atoms with Gasteiger partial charge in [0.1, 0.15) is 30.3 Å². The first-order valence-corrected chi connectivity index (χ1v) is 15.6. The largest absolute Gasteiger partial charge is 0.461 e. The molecular formula is C32H39FN6O3. The van der Waals surface area contributed by atoms with Crippen molar-refractivity contribution in [3.8, 4) is 12.1 Å². The van der Waals surface area contributed by atoms with Crippen LogP contribution in [0.1, 0.15) is 72.9 Å². The van der Waals surface area contributed by atoms with Gasteiger partial charge < -0.3 is 24.8 Å². The fourth-order valence-electron chi connectivity index (χ4n) is 8.51. The Balaban J connectivity index is 1.15. The molecule has 0 bridgehead atoms. The van der Waals surface area contributed by atoms with Gasteiger partial charge >= 0.3 is 6.01 Å². The summed E-state index contributed by atoms with van der Waals surface area (Å²) in [6.45, 7) is 7.92. The molecule has 42 heavy (non-hydrogen) atoms. The number of nitrogens with two attached hydrogens (primary N) is 1. The molecule has 1 aliphatic carbocycles. The summed E-state index contributed by atoms with van der Waals surface area (Å²) < 4.78 is 33.1. The predicted octanol–water partition coefficient (Wildman–Crippen LogP) is 3.83. The van der Waals surface area contributed by atoms with Gasteiger partial charge in [-0.25, -0.2) is 4.39 Å². The lowest BCUT2D eigenvalue weighted by atomic mass is 9.69. The number of hydrogen-bond acceptors (Lipinski definition) is 9.